The second-order valence-corrected chi connectivity index (χ2v) is 3.01. The molecule has 0 heterocycles. The van der Waals surface area contributed by atoms with Crippen LogP contribution in [0.15, 0.2) is 24.3 Å². The third kappa shape index (κ3) is 1.50. The SMILES string of the molecule is [N-]=[N+]=C1C=CC=CC1I. The fourth-order valence-electron chi connectivity index (χ4n) is 0.595. The van der Waals surface area contributed by atoms with Crippen LogP contribution < -0.4 is 0 Å². The molecule has 1 unspecified atom stereocenters. The molecule has 3 heteroatoms. The van der Waals surface area contributed by atoms with Gasteiger partial charge in [-0.1, -0.05) is 40.8 Å². The zero-order valence-electron chi connectivity index (χ0n) is 4.66. The molecule has 0 aromatic carbocycles. The number of hydrogen-bond donors (Lipinski definition) is 0. The molecule has 1 rings (SSSR count). The molecule has 0 fully saturated rings. The van der Waals surface area contributed by atoms with Crippen molar-refractivity contribution in [1.82, 2.24) is 0 Å². The number of nitrogens with zero attached hydrogens (tertiary/aromatic N) is 2. The highest BCUT2D eigenvalue weighted by molar-refractivity contribution is 14.1. The van der Waals surface area contributed by atoms with Crippen LogP contribution in [0.5, 0.6) is 0 Å². The number of rotatable bonds is 0. The lowest BCUT2D eigenvalue weighted by Crippen LogP contribution is -2.10. The first kappa shape index (κ1) is 6.71. The van der Waals surface area contributed by atoms with Crippen molar-refractivity contribution in [2.24, 2.45) is 0 Å². The quantitative estimate of drug-likeness (QED) is 0.263. The zero-order valence-corrected chi connectivity index (χ0v) is 6.82. The predicted octanol–water partition coefficient (Wildman–Crippen LogP) is 1.59. The van der Waals surface area contributed by atoms with Crippen molar-refractivity contribution >= 4 is 28.3 Å². The van der Waals surface area contributed by atoms with Crippen molar-refractivity contribution in [3.05, 3.63) is 29.8 Å². The van der Waals surface area contributed by atoms with Gasteiger partial charge in [-0.2, -0.15) is 4.79 Å². The normalized spacial score (nSPS) is 24.1. The fraction of sp³-hybridized carbons (Fsp3) is 0.167. The minimum Gasteiger partial charge on any atom is -0.361 e. The summed E-state index contributed by atoms with van der Waals surface area (Å²) in [6, 6.07) is 0. The number of halogens is 1. The van der Waals surface area contributed by atoms with E-state index in [4.69, 9.17) is 5.53 Å². The van der Waals surface area contributed by atoms with E-state index in [0.717, 1.165) is 0 Å². The lowest BCUT2D eigenvalue weighted by molar-refractivity contribution is -0.00462. The Balaban J connectivity index is 2.90. The summed E-state index contributed by atoms with van der Waals surface area (Å²) in [4.78, 5) is 3.10. The van der Waals surface area contributed by atoms with Crippen molar-refractivity contribution in [2.45, 2.75) is 3.92 Å². The minimum atomic E-state index is 0.220. The first-order valence-electron chi connectivity index (χ1n) is 2.55. The molecular weight excluding hydrogens is 227 g/mol. The van der Waals surface area contributed by atoms with Crippen molar-refractivity contribution in [1.29, 1.82) is 0 Å². The second-order valence-electron chi connectivity index (χ2n) is 1.67. The smallest absolute Gasteiger partial charge is 0.308 e. The summed E-state index contributed by atoms with van der Waals surface area (Å²) in [5.74, 6) is 0. The molecule has 1 atom stereocenters. The standard InChI is InChI=1S/C6H5IN2/c7-5-3-1-2-4-6(5)9-8/h1-5H. The van der Waals surface area contributed by atoms with Gasteiger partial charge in [0.05, 0.1) is 0 Å². The molecule has 0 amide bonds. The van der Waals surface area contributed by atoms with Crippen molar-refractivity contribution in [3.8, 4) is 0 Å². The molecule has 46 valence electrons. The summed E-state index contributed by atoms with van der Waals surface area (Å²) in [5.41, 5.74) is 9.07. The molecule has 0 aromatic heterocycles. The van der Waals surface area contributed by atoms with Crippen LogP contribution in [0.25, 0.3) is 5.53 Å². The van der Waals surface area contributed by atoms with Gasteiger partial charge in [0.2, 0.25) is 0 Å². The highest BCUT2D eigenvalue weighted by Gasteiger charge is 2.14. The van der Waals surface area contributed by atoms with Crippen molar-refractivity contribution in [3.63, 3.8) is 0 Å². The van der Waals surface area contributed by atoms with Gasteiger partial charge in [-0.25, -0.2) is 0 Å². The van der Waals surface area contributed by atoms with Gasteiger partial charge in [0.25, 0.3) is 0 Å². The number of allylic oxidation sites excluding steroid dienone is 4. The van der Waals surface area contributed by atoms with Gasteiger partial charge in [0, 0.05) is 6.08 Å². The molecule has 0 radical (unpaired) electrons. The first-order chi connectivity index (χ1) is 4.34. The van der Waals surface area contributed by atoms with E-state index in [-0.39, 0.29) is 3.92 Å². The first-order valence-corrected chi connectivity index (χ1v) is 3.80. The Morgan fingerprint density at radius 1 is 1.56 bits per heavy atom. The van der Waals surface area contributed by atoms with E-state index in [2.05, 4.69) is 27.4 Å². The van der Waals surface area contributed by atoms with E-state index in [0.29, 0.717) is 5.71 Å². The average molecular weight is 232 g/mol. The third-order valence-electron chi connectivity index (χ3n) is 1.06. The summed E-state index contributed by atoms with van der Waals surface area (Å²) < 4.78 is 0.220. The summed E-state index contributed by atoms with van der Waals surface area (Å²) in [7, 11) is 0. The lowest BCUT2D eigenvalue weighted by atomic mass is 10.2. The van der Waals surface area contributed by atoms with Gasteiger partial charge in [-0.3, -0.25) is 0 Å². The molecule has 0 aliphatic heterocycles. The Morgan fingerprint density at radius 2 is 2.33 bits per heavy atom. The van der Waals surface area contributed by atoms with Crippen LogP contribution in [0.1, 0.15) is 0 Å². The summed E-state index contributed by atoms with van der Waals surface area (Å²) in [6.07, 6.45) is 7.54. The van der Waals surface area contributed by atoms with Crippen LogP contribution in [-0.4, -0.2) is 14.4 Å². The Kier molecular flexibility index (Phi) is 2.19. The number of alkyl halides is 1. The largest absolute Gasteiger partial charge is 0.361 e. The molecule has 0 aromatic rings. The number of hydrogen-bond acceptors (Lipinski definition) is 0. The maximum atomic E-state index is 8.36. The van der Waals surface area contributed by atoms with E-state index >= 15 is 0 Å². The molecule has 1 aliphatic rings. The van der Waals surface area contributed by atoms with Gasteiger partial charge in [-0.05, 0) is 0 Å². The van der Waals surface area contributed by atoms with E-state index in [9.17, 15) is 0 Å². The Morgan fingerprint density at radius 3 is 2.78 bits per heavy atom. The molecule has 0 spiro atoms. The Labute approximate surface area is 67.0 Å². The zero-order chi connectivity index (χ0) is 6.69. The molecule has 0 N–H and O–H groups in total. The maximum Gasteiger partial charge on any atom is 0.308 e. The lowest BCUT2D eigenvalue weighted by Gasteiger charge is -1.96. The molecular formula is C6H5IN2. The van der Waals surface area contributed by atoms with Gasteiger partial charge in [-0.15, -0.1) is 0 Å². The highest BCUT2D eigenvalue weighted by Crippen LogP contribution is 2.08. The summed E-state index contributed by atoms with van der Waals surface area (Å²) in [5, 5.41) is 0. The molecule has 0 saturated heterocycles. The Bertz CT molecular complexity index is 211. The summed E-state index contributed by atoms with van der Waals surface area (Å²) in [6.45, 7) is 0. The maximum absolute atomic E-state index is 8.36. The molecule has 0 saturated carbocycles. The van der Waals surface area contributed by atoms with Crippen molar-refractivity contribution in [2.75, 3.05) is 0 Å². The molecule has 1 aliphatic carbocycles. The monoisotopic (exact) mass is 232 g/mol. The predicted molar refractivity (Wildman–Crippen MR) is 44.7 cm³/mol. The van der Waals surface area contributed by atoms with Crippen LogP contribution in [-0.2, 0) is 0 Å². The topological polar surface area (TPSA) is 36.4 Å². The molecule has 9 heavy (non-hydrogen) atoms. The van der Waals surface area contributed by atoms with E-state index in [1.807, 2.05) is 18.2 Å². The fourth-order valence-corrected chi connectivity index (χ4v) is 1.17. The van der Waals surface area contributed by atoms with Crippen LogP contribution in [0.2, 0.25) is 0 Å². The molecule has 0 bridgehead atoms. The van der Waals surface area contributed by atoms with Crippen LogP contribution >= 0.6 is 22.6 Å². The van der Waals surface area contributed by atoms with Crippen LogP contribution in [0, 0.1) is 0 Å². The Hall–Kier alpha value is -0.410. The molecule has 2 nitrogen and oxygen atoms in total. The van der Waals surface area contributed by atoms with Gasteiger partial charge in [0.15, 0.2) is 0 Å². The van der Waals surface area contributed by atoms with Gasteiger partial charge < -0.3 is 5.53 Å². The van der Waals surface area contributed by atoms with Crippen LogP contribution in [0.4, 0.5) is 0 Å². The van der Waals surface area contributed by atoms with Crippen LogP contribution in [0.3, 0.4) is 0 Å². The van der Waals surface area contributed by atoms with Gasteiger partial charge >= 0.3 is 5.71 Å². The van der Waals surface area contributed by atoms with Gasteiger partial charge in [0.1, 0.15) is 3.92 Å². The average Bonchev–Trinajstić information content (AvgIpc) is 1.89. The minimum absolute atomic E-state index is 0.220. The van der Waals surface area contributed by atoms with Crippen molar-refractivity contribution < 1.29 is 4.79 Å². The highest BCUT2D eigenvalue weighted by atomic mass is 127. The van der Waals surface area contributed by atoms with E-state index in [1.54, 1.807) is 6.08 Å². The summed E-state index contributed by atoms with van der Waals surface area (Å²) >= 11 is 2.19. The van der Waals surface area contributed by atoms with E-state index < -0.39 is 0 Å². The third-order valence-corrected chi connectivity index (χ3v) is 2.11. The van der Waals surface area contributed by atoms with E-state index in [1.165, 1.54) is 0 Å². The second kappa shape index (κ2) is 2.94.